The highest BCUT2D eigenvalue weighted by Crippen LogP contribution is 2.25. The zero-order valence-electron chi connectivity index (χ0n) is 13.5. The molecule has 24 heavy (non-hydrogen) atoms. The Bertz CT molecular complexity index is 728. The van der Waals surface area contributed by atoms with Crippen molar-refractivity contribution in [2.24, 2.45) is 0 Å². The van der Waals surface area contributed by atoms with E-state index in [0.29, 0.717) is 34.2 Å². The van der Waals surface area contributed by atoms with E-state index in [1.165, 1.54) is 13.2 Å². The van der Waals surface area contributed by atoms with Crippen LogP contribution in [0, 0.1) is 0 Å². The Kier molecular flexibility index (Phi) is 6.21. The standard InChI is InChI=1S/C18H18ClNO4/c1-3-10-24-18(22)12-4-7-14(8-5-12)20-17(21)13-6-9-16(23-2)15(19)11-13/h4-9,11H,3,10H2,1-2H3,(H,20,21). The number of nitrogens with one attached hydrogen (secondary N) is 1. The van der Waals surface area contributed by atoms with Gasteiger partial charge >= 0.3 is 5.97 Å². The Morgan fingerprint density at radius 2 is 1.75 bits per heavy atom. The van der Waals surface area contributed by atoms with E-state index in [0.717, 1.165) is 6.42 Å². The lowest BCUT2D eigenvalue weighted by Gasteiger charge is -2.08. The minimum atomic E-state index is -0.378. The van der Waals surface area contributed by atoms with Gasteiger partial charge in [-0.05, 0) is 48.9 Å². The Morgan fingerprint density at radius 1 is 1.08 bits per heavy atom. The van der Waals surface area contributed by atoms with Crippen LogP contribution >= 0.6 is 11.6 Å². The number of rotatable bonds is 6. The van der Waals surface area contributed by atoms with Crippen molar-refractivity contribution in [3.63, 3.8) is 0 Å². The van der Waals surface area contributed by atoms with Gasteiger partial charge in [-0.2, -0.15) is 0 Å². The van der Waals surface area contributed by atoms with Crippen LogP contribution in [-0.2, 0) is 4.74 Å². The average molecular weight is 348 g/mol. The van der Waals surface area contributed by atoms with Crippen LogP contribution in [0.5, 0.6) is 5.75 Å². The molecule has 2 rings (SSSR count). The molecule has 0 fully saturated rings. The normalized spacial score (nSPS) is 10.1. The van der Waals surface area contributed by atoms with Gasteiger partial charge in [-0.25, -0.2) is 4.79 Å². The van der Waals surface area contributed by atoms with E-state index in [-0.39, 0.29) is 11.9 Å². The predicted molar refractivity (Wildman–Crippen MR) is 93.0 cm³/mol. The van der Waals surface area contributed by atoms with E-state index in [1.807, 2.05) is 6.92 Å². The largest absolute Gasteiger partial charge is 0.495 e. The summed E-state index contributed by atoms with van der Waals surface area (Å²) in [6.07, 6.45) is 0.768. The molecule has 6 heteroatoms. The van der Waals surface area contributed by atoms with Crippen molar-refractivity contribution in [2.75, 3.05) is 19.0 Å². The minimum Gasteiger partial charge on any atom is -0.495 e. The molecule has 0 bridgehead atoms. The van der Waals surface area contributed by atoms with Crippen LogP contribution in [0.1, 0.15) is 34.1 Å². The number of ether oxygens (including phenoxy) is 2. The third-order valence-electron chi connectivity index (χ3n) is 3.23. The summed E-state index contributed by atoms with van der Waals surface area (Å²) >= 11 is 6.02. The van der Waals surface area contributed by atoms with Gasteiger partial charge in [0, 0.05) is 11.3 Å². The number of amides is 1. The Balaban J connectivity index is 2.04. The summed E-state index contributed by atoms with van der Waals surface area (Å²) < 4.78 is 10.1. The molecule has 0 saturated carbocycles. The fourth-order valence-electron chi connectivity index (χ4n) is 1.98. The molecular weight excluding hydrogens is 330 g/mol. The van der Waals surface area contributed by atoms with Crippen molar-refractivity contribution >= 4 is 29.2 Å². The van der Waals surface area contributed by atoms with Crippen LogP contribution in [-0.4, -0.2) is 25.6 Å². The first-order valence-corrected chi connectivity index (χ1v) is 7.85. The van der Waals surface area contributed by atoms with Crippen LogP contribution in [0.4, 0.5) is 5.69 Å². The Morgan fingerprint density at radius 3 is 2.33 bits per heavy atom. The first kappa shape index (κ1) is 17.8. The number of halogens is 1. The van der Waals surface area contributed by atoms with Crippen molar-refractivity contribution in [3.05, 3.63) is 58.6 Å². The molecular formula is C18H18ClNO4. The maximum absolute atomic E-state index is 12.2. The molecule has 0 heterocycles. The Hall–Kier alpha value is -2.53. The van der Waals surface area contributed by atoms with Crippen LogP contribution in [0.25, 0.3) is 0 Å². The summed E-state index contributed by atoms with van der Waals surface area (Å²) in [6.45, 7) is 2.31. The maximum Gasteiger partial charge on any atom is 0.338 e. The van der Waals surface area contributed by atoms with E-state index in [2.05, 4.69) is 5.32 Å². The van der Waals surface area contributed by atoms with Gasteiger partial charge in [0.1, 0.15) is 5.75 Å². The molecule has 126 valence electrons. The second-order valence-corrected chi connectivity index (χ2v) is 5.42. The molecule has 2 aromatic rings. The van der Waals surface area contributed by atoms with E-state index in [1.54, 1.807) is 36.4 Å². The lowest BCUT2D eigenvalue weighted by atomic mass is 10.1. The number of anilines is 1. The number of methoxy groups -OCH3 is 1. The number of carbonyl (C=O) groups excluding carboxylic acids is 2. The van der Waals surface area contributed by atoms with Crippen molar-refractivity contribution in [1.82, 2.24) is 0 Å². The summed E-state index contributed by atoms with van der Waals surface area (Å²) in [5.74, 6) is -0.180. The molecule has 1 amide bonds. The predicted octanol–water partition coefficient (Wildman–Crippen LogP) is 4.17. The molecule has 0 unspecified atom stereocenters. The van der Waals surface area contributed by atoms with Gasteiger partial charge in [-0.15, -0.1) is 0 Å². The lowest BCUT2D eigenvalue weighted by molar-refractivity contribution is 0.0505. The fourth-order valence-corrected chi connectivity index (χ4v) is 2.24. The van der Waals surface area contributed by atoms with Crippen molar-refractivity contribution in [1.29, 1.82) is 0 Å². The highest BCUT2D eigenvalue weighted by atomic mass is 35.5. The lowest BCUT2D eigenvalue weighted by Crippen LogP contribution is -2.12. The number of hydrogen-bond donors (Lipinski definition) is 1. The van der Waals surface area contributed by atoms with Crippen LogP contribution in [0.2, 0.25) is 5.02 Å². The molecule has 2 aromatic carbocycles. The third kappa shape index (κ3) is 4.49. The minimum absolute atomic E-state index is 0.305. The smallest absolute Gasteiger partial charge is 0.338 e. The fraction of sp³-hybridized carbons (Fsp3) is 0.222. The summed E-state index contributed by atoms with van der Waals surface area (Å²) in [6, 6.07) is 11.3. The average Bonchev–Trinajstić information content (AvgIpc) is 2.60. The van der Waals surface area contributed by atoms with E-state index >= 15 is 0 Å². The quantitative estimate of drug-likeness (QED) is 0.796. The third-order valence-corrected chi connectivity index (χ3v) is 3.53. The molecule has 0 radical (unpaired) electrons. The first-order chi connectivity index (χ1) is 11.5. The number of hydrogen-bond acceptors (Lipinski definition) is 4. The summed E-state index contributed by atoms with van der Waals surface area (Å²) in [7, 11) is 1.51. The molecule has 0 aliphatic rings. The number of carbonyl (C=O) groups is 2. The highest BCUT2D eigenvalue weighted by molar-refractivity contribution is 6.32. The van der Waals surface area contributed by atoms with Gasteiger partial charge in [-0.3, -0.25) is 4.79 Å². The number of benzene rings is 2. The van der Waals surface area contributed by atoms with Crippen molar-refractivity contribution in [2.45, 2.75) is 13.3 Å². The first-order valence-electron chi connectivity index (χ1n) is 7.47. The van der Waals surface area contributed by atoms with Crippen LogP contribution < -0.4 is 10.1 Å². The summed E-state index contributed by atoms with van der Waals surface area (Å²) in [5, 5.41) is 3.10. The van der Waals surface area contributed by atoms with E-state index < -0.39 is 0 Å². The topological polar surface area (TPSA) is 64.6 Å². The zero-order chi connectivity index (χ0) is 17.5. The number of esters is 1. The monoisotopic (exact) mass is 347 g/mol. The molecule has 0 aromatic heterocycles. The van der Waals surface area contributed by atoms with Crippen LogP contribution in [0.15, 0.2) is 42.5 Å². The van der Waals surface area contributed by atoms with Gasteiger partial charge in [0.05, 0.1) is 24.3 Å². The zero-order valence-corrected chi connectivity index (χ0v) is 14.2. The molecule has 0 aliphatic heterocycles. The summed E-state index contributed by atoms with van der Waals surface area (Å²) in [4.78, 5) is 23.9. The van der Waals surface area contributed by atoms with E-state index in [9.17, 15) is 9.59 Å². The second kappa shape index (κ2) is 8.36. The van der Waals surface area contributed by atoms with Gasteiger partial charge in [0.15, 0.2) is 0 Å². The van der Waals surface area contributed by atoms with Crippen molar-refractivity contribution in [3.8, 4) is 5.75 Å². The Labute approximate surface area is 145 Å². The molecule has 0 atom stereocenters. The SMILES string of the molecule is CCCOC(=O)c1ccc(NC(=O)c2ccc(OC)c(Cl)c2)cc1. The van der Waals surface area contributed by atoms with Gasteiger partial charge < -0.3 is 14.8 Å². The maximum atomic E-state index is 12.2. The highest BCUT2D eigenvalue weighted by Gasteiger charge is 2.11. The molecule has 5 nitrogen and oxygen atoms in total. The van der Waals surface area contributed by atoms with Gasteiger partial charge in [0.25, 0.3) is 5.91 Å². The second-order valence-electron chi connectivity index (χ2n) is 5.02. The van der Waals surface area contributed by atoms with E-state index in [4.69, 9.17) is 21.1 Å². The van der Waals surface area contributed by atoms with Gasteiger partial charge in [0.2, 0.25) is 0 Å². The molecule has 0 aliphatic carbocycles. The molecule has 1 N–H and O–H groups in total. The molecule has 0 spiro atoms. The van der Waals surface area contributed by atoms with Crippen LogP contribution in [0.3, 0.4) is 0 Å². The van der Waals surface area contributed by atoms with Gasteiger partial charge in [-0.1, -0.05) is 18.5 Å². The van der Waals surface area contributed by atoms with Crippen molar-refractivity contribution < 1.29 is 19.1 Å². The summed E-state index contributed by atoms with van der Waals surface area (Å²) in [5.41, 5.74) is 1.42. The molecule has 0 saturated heterocycles.